The van der Waals surface area contributed by atoms with Crippen molar-refractivity contribution in [2.24, 2.45) is 0 Å². The van der Waals surface area contributed by atoms with Crippen LogP contribution < -0.4 is 5.32 Å². The van der Waals surface area contributed by atoms with Crippen molar-refractivity contribution in [3.05, 3.63) is 28.6 Å². The lowest BCUT2D eigenvalue weighted by atomic mass is 10.2. The first kappa shape index (κ1) is 11.5. The van der Waals surface area contributed by atoms with E-state index in [2.05, 4.69) is 41.2 Å². The zero-order chi connectivity index (χ0) is 10.4. The third kappa shape index (κ3) is 4.11. The molecule has 1 unspecified atom stereocenters. The fourth-order valence-electron chi connectivity index (χ4n) is 1.10. The topological polar surface area (TPSA) is 25.2 Å². The van der Waals surface area contributed by atoms with Crippen molar-refractivity contribution < 1.29 is 4.42 Å². The van der Waals surface area contributed by atoms with E-state index in [9.17, 15) is 0 Å². The van der Waals surface area contributed by atoms with Gasteiger partial charge in [0.25, 0.3) is 0 Å². The van der Waals surface area contributed by atoms with E-state index in [1.54, 1.807) is 0 Å². The lowest BCUT2D eigenvalue weighted by Crippen LogP contribution is -2.24. The average molecular weight is 258 g/mol. The van der Waals surface area contributed by atoms with Gasteiger partial charge in [-0.05, 0) is 54.0 Å². The summed E-state index contributed by atoms with van der Waals surface area (Å²) in [6.45, 7) is 5.34. The van der Waals surface area contributed by atoms with Gasteiger partial charge in [0.1, 0.15) is 5.76 Å². The van der Waals surface area contributed by atoms with E-state index >= 15 is 0 Å². The van der Waals surface area contributed by atoms with Gasteiger partial charge in [0.2, 0.25) is 0 Å². The molecular weight excluding hydrogens is 242 g/mol. The second-order valence-electron chi connectivity index (χ2n) is 3.24. The molecule has 0 bridgehead atoms. The van der Waals surface area contributed by atoms with Crippen molar-refractivity contribution in [1.29, 1.82) is 0 Å². The fourth-order valence-corrected chi connectivity index (χ4v) is 1.42. The highest BCUT2D eigenvalue weighted by Gasteiger charge is 1.96. The van der Waals surface area contributed by atoms with Crippen LogP contribution in [0.4, 0.5) is 0 Å². The molecule has 1 heterocycles. The molecule has 1 aromatic heterocycles. The van der Waals surface area contributed by atoms with E-state index in [4.69, 9.17) is 4.42 Å². The third-order valence-electron chi connectivity index (χ3n) is 1.86. The van der Waals surface area contributed by atoms with Gasteiger partial charge in [-0.15, -0.1) is 0 Å². The Labute approximate surface area is 93.5 Å². The van der Waals surface area contributed by atoms with Gasteiger partial charge in [0, 0.05) is 6.04 Å². The SMILES string of the molecule is CCCNC(C)/C=C/c1ccc(Br)o1. The van der Waals surface area contributed by atoms with Gasteiger partial charge in [-0.25, -0.2) is 0 Å². The Morgan fingerprint density at radius 1 is 1.57 bits per heavy atom. The van der Waals surface area contributed by atoms with Crippen molar-refractivity contribution in [2.45, 2.75) is 26.3 Å². The van der Waals surface area contributed by atoms with Crippen LogP contribution in [0.2, 0.25) is 0 Å². The van der Waals surface area contributed by atoms with Gasteiger partial charge in [0.15, 0.2) is 4.67 Å². The first-order valence-corrected chi connectivity index (χ1v) is 5.68. The maximum absolute atomic E-state index is 5.34. The Morgan fingerprint density at radius 2 is 2.36 bits per heavy atom. The molecule has 0 saturated heterocycles. The van der Waals surface area contributed by atoms with E-state index in [0.717, 1.165) is 23.4 Å². The van der Waals surface area contributed by atoms with Crippen LogP contribution in [0.15, 0.2) is 27.3 Å². The van der Waals surface area contributed by atoms with Gasteiger partial charge in [-0.1, -0.05) is 13.0 Å². The van der Waals surface area contributed by atoms with Gasteiger partial charge < -0.3 is 9.73 Å². The third-order valence-corrected chi connectivity index (χ3v) is 2.29. The van der Waals surface area contributed by atoms with Crippen LogP contribution in [-0.2, 0) is 0 Å². The lowest BCUT2D eigenvalue weighted by molar-refractivity contribution is 0.530. The summed E-state index contributed by atoms with van der Waals surface area (Å²) in [5.74, 6) is 0.877. The maximum Gasteiger partial charge on any atom is 0.169 e. The molecule has 1 aromatic rings. The summed E-state index contributed by atoms with van der Waals surface area (Å²) in [4.78, 5) is 0. The number of nitrogens with one attached hydrogen (secondary N) is 1. The summed E-state index contributed by atoms with van der Waals surface area (Å²) >= 11 is 3.26. The minimum absolute atomic E-state index is 0.388. The van der Waals surface area contributed by atoms with Crippen molar-refractivity contribution in [2.75, 3.05) is 6.54 Å². The molecule has 0 radical (unpaired) electrons. The Hall–Kier alpha value is -0.540. The molecule has 78 valence electrons. The number of hydrogen-bond acceptors (Lipinski definition) is 2. The van der Waals surface area contributed by atoms with E-state index in [1.165, 1.54) is 0 Å². The summed E-state index contributed by atoms with van der Waals surface area (Å²) in [5.41, 5.74) is 0. The van der Waals surface area contributed by atoms with Crippen LogP contribution in [0.5, 0.6) is 0 Å². The molecule has 3 heteroatoms. The average Bonchev–Trinajstić information content (AvgIpc) is 2.58. The highest BCUT2D eigenvalue weighted by Crippen LogP contribution is 2.15. The van der Waals surface area contributed by atoms with Crippen LogP contribution in [-0.4, -0.2) is 12.6 Å². The number of hydrogen-bond donors (Lipinski definition) is 1. The highest BCUT2D eigenvalue weighted by molar-refractivity contribution is 9.10. The standard InChI is InChI=1S/C11H16BrNO/c1-3-8-13-9(2)4-5-10-6-7-11(12)14-10/h4-7,9,13H,3,8H2,1-2H3/b5-4+. The van der Waals surface area contributed by atoms with Gasteiger partial charge >= 0.3 is 0 Å². The predicted molar refractivity (Wildman–Crippen MR) is 63.2 cm³/mol. The fraction of sp³-hybridized carbons (Fsp3) is 0.455. The normalized spacial score (nSPS) is 13.6. The van der Waals surface area contributed by atoms with Crippen molar-refractivity contribution >= 4 is 22.0 Å². The zero-order valence-corrected chi connectivity index (χ0v) is 10.2. The molecule has 1 rings (SSSR count). The van der Waals surface area contributed by atoms with E-state index in [1.807, 2.05) is 18.2 Å². The predicted octanol–water partition coefficient (Wildman–Crippen LogP) is 3.44. The molecule has 14 heavy (non-hydrogen) atoms. The van der Waals surface area contributed by atoms with Gasteiger partial charge in [-0.2, -0.15) is 0 Å². The monoisotopic (exact) mass is 257 g/mol. The van der Waals surface area contributed by atoms with E-state index in [-0.39, 0.29) is 0 Å². The van der Waals surface area contributed by atoms with Crippen LogP contribution in [0.25, 0.3) is 6.08 Å². The Balaban J connectivity index is 2.39. The molecule has 0 spiro atoms. The van der Waals surface area contributed by atoms with Crippen LogP contribution in [0, 0.1) is 0 Å². The summed E-state index contributed by atoms with van der Waals surface area (Å²) < 4.78 is 6.11. The quantitative estimate of drug-likeness (QED) is 0.875. The minimum atomic E-state index is 0.388. The number of halogens is 1. The maximum atomic E-state index is 5.34. The Kier molecular flexibility index (Phi) is 4.98. The summed E-state index contributed by atoms with van der Waals surface area (Å²) in [6, 6.07) is 4.22. The first-order valence-electron chi connectivity index (χ1n) is 4.89. The largest absolute Gasteiger partial charge is 0.450 e. The van der Waals surface area contributed by atoms with Gasteiger partial charge in [0.05, 0.1) is 0 Å². The van der Waals surface area contributed by atoms with Crippen LogP contribution in [0.3, 0.4) is 0 Å². The molecule has 0 saturated carbocycles. The van der Waals surface area contributed by atoms with Gasteiger partial charge in [-0.3, -0.25) is 0 Å². The molecule has 0 aromatic carbocycles. The smallest absolute Gasteiger partial charge is 0.169 e. The lowest BCUT2D eigenvalue weighted by Gasteiger charge is -2.06. The van der Waals surface area contributed by atoms with Crippen molar-refractivity contribution in [3.63, 3.8) is 0 Å². The van der Waals surface area contributed by atoms with Crippen LogP contribution >= 0.6 is 15.9 Å². The molecule has 0 aliphatic heterocycles. The molecule has 0 aliphatic carbocycles. The van der Waals surface area contributed by atoms with E-state index in [0.29, 0.717) is 6.04 Å². The second-order valence-corrected chi connectivity index (χ2v) is 4.03. The van der Waals surface area contributed by atoms with Crippen molar-refractivity contribution in [1.82, 2.24) is 5.32 Å². The number of furan rings is 1. The number of rotatable bonds is 5. The molecule has 0 aliphatic rings. The molecule has 1 atom stereocenters. The first-order chi connectivity index (χ1) is 6.72. The zero-order valence-electron chi connectivity index (χ0n) is 8.59. The summed E-state index contributed by atoms with van der Waals surface area (Å²) in [5, 5.41) is 3.37. The van der Waals surface area contributed by atoms with Crippen molar-refractivity contribution in [3.8, 4) is 0 Å². The Bertz CT molecular complexity index is 293. The second kappa shape index (κ2) is 6.04. The molecule has 2 nitrogen and oxygen atoms in total. The minimum Gasteiger partial charge on any atom is -0.450 e. The van der Waals surface area contributed by atoms with E-state index < -0.39 is 0 Å². The summed E-state index contributed by atoms with van der Waals surface area (Å²) in [7, 11) is 0. The molecule has 0 amide bonds. The van der Waals surface area contributed by atoms with Crippen LogP contribution in [0.1, 0.15) is 26.0 Å². The molecule has 0 fully saturated rings. The highest BCUT2D eigenvalue weighted by atomic mass is 79.9. The Morgan fingerprint density at radius 3 is 2.93 bits per heavy atom. The summed E-state index contributed by atoms with van der Waals surface area (Å²) in [6.07, 6.45) is 5.24. The molecular formula is C11H16BrNO. The molecule has 1 N–H and O–H groups in total.